The fourth-order valence-corrected chi connectivity index (χ4v) is 6.62. The van der Waals surface area contributed by atoms with Gasteiger partial charge in [0.2, 0.25) is 0 Å². The number of carbonyl (C=O) groups excluding carboxylic acids is 2. The van der Waals surface area contributed by atoms with Gasteiger partial charge in [-0.3, -0.25) is 9.59 Å². The van der Waals surface area contributed by atoms with E-state index < -0.39 is 28.2 Å². The van der Waals surface area contributed by atoms with E-state index in [0.29, 0.717) is 36.3 Å². The van der Waals surface area contributed by atoms with E-state index >= 15 is 0 Å². The lowest BCUT2D eigenvalue weighted by atomic mass is 9.99. The van der Waals surface area contributed by atoms with Crippen molar-refractivity contribution in [1.29, 1.82) is 0 Å². The van der Waals surface area contributed by atoms with Crippen LogP contribution in [-0.2, 0) is 29.6 Å². The fourth-order valence-electron chi connectivity index (χ4n) is 5.35. The first-order valence-corrected chi connectivity index (χ1v) is 19.0. The van der Waals surface area contributed by atoms with Crippen molar-refractivity contribution in [3.05, 3.63) is 111 Å². The lowest BCUT2D eigenvalue weighted by Gasteiger charge is -2.26. The highest BCUT2D eigenvalue weighted by Crippen LogP contribution is 2.25. The molecule has 0 bridgehead atoms. The molecule has 50 heavy (non-hydrogen) atoms. The van der Waals surface area contributed by atoms with Crippen molar-refractivity contribution in [1.82, 2.24) is 20.5 Å². The summed E-state index contributed by atoms with van der Waals surface area (Å²) in [7, 11) is 1.69. The van der Waals surface area contributed by atoms with Gasteiger partial charge in [0.25, 0.3) is 11.8 Å². The van der Waals surface area contributed by atoms with Crippen LogP contribution in [0.15, 0.2) is 72.1 Å². The summed E-state index contributed by atoms with van der Waals surface area (Å²) in [6.07, 6.45) is 0.369. The number of anilines is 1. The topological polar surface area (TPSA) is 141 Å². The average molecular weight is 722 g/mol. The third kappa shape index (κ3) is 11.4. The third-order valence-electron chi connectivity index (χ3n) is 7.99. The number of thiazole rings is 1. The molecule has 11 nitrogen and oxygen atoms in total. The second kappa shape index (κ2) is 17.1. The van der Waals surface area contributed by atoms with Crippen LogP contribution in [0.25, 0.3) is 0 Å². The average Bonchev–Trinajstić information content (AvgIpc) is 3.47. The van der Waals surface area contributed by atoms with Crippen molar-refractivity contribution < 1.29 is 27.3 Å². The maximum Gasteiger partial charge on any atom is 0.306 e. The number of nitrogens with one attached hydrogen (secondary N) is 2. The molecule has 268 valence electrons. The number of aliphatic hydroxyl groups is 1. The summed E-state index contributed by atoms with van der Waals surface area (Å²) < 4.78 is 28.7. The fraction of sp³-hybridized carbons (Fsp3) is 0.378. The van der Waals surface area contributed by atoms with Crippen LogP contribution in [0.2, 0.25) is 0 Å². The van der Waals surface area contributed by atoms with E-state index in [2.05, 4.69) is 15.6 Å². The first kappa shape index (κ1) is 38.5. The second-order valence-electron chi connectivity index (χ2n) is 13.0. The van der Waals surface area contributed by atoms with Gasteiger partial charge >= 0.3 is 10.1 Å². The number of hydrogen-bond donors (Lipinski definition) is 3. The van der Waals surface area contributed by atoms with Crippen LogP contribution in [0, 0.1) is 6.92 Å². The monoisotopic (exact) mass is 721 g/mol. The molecule has 0 saturated heterocycles. The molecule has 2 unspecified atom stereocenters. The van der Waals surface area contributed by atoms with Gasteiger partial charge in [0.05, 0.1) is 24.9 Å². The Hall–Kier alpha value is -4.30. The Labute approximate surface area is 299 Å². The number of aromatic nitrogens is 1. The van der Waals surface area contributed by atoms with E-state index in [1.165, 1.54) is 11.3 Å². The molecule has 1 aromatic heterocycles. The second-order valence-corrected chi connectivity index (χ2v) is 15.5. The van der Waals surface area contributed by atoms with E-state index in [1.54, 1.807) is 42.3 Å². The normalized spacial score (nSPS) is 12.7. The van der Waals surface area contributed by atoms with Crippen molar-refractivity contribution >= 4 is 39.0 Å². The van der Waals surface area contributed by atoms with Crippen LogP contribution in [0.5, 0.6) is 5.75 Å². The van der Waals surface area contributed by atoms with Crippen molar-refractivity contribution in [3.8, 4) is 5.75 Å². The van der Waals surface area contributed by atoms with Crippen LogP contribution in [0.3, 0.4) is 0 Å². The molecule has 2 atom stereocenters. The summed E-state index contributed by atoms with van der Waals surface area (Å²) in [4.78, 5) is 35.3. The Kier molecular flexibility index (Phi) is 13.2. The van der Waals surface area contributed by atoms with Crippen LogP contribution >= 0.6 is 11.3 Å². The predicted molar refractivity (Wildman–Crippen MR) is 199 cm³/mol. The number of amides is 2. The van der Waals surface area contributed by atoms with Crippen LogP contribution in [0.4, 0.5) is 5.69 Å². The third-order valence-corrected chi connectivity index (χ3v) is 9.44. The van der Waals surface area contributed by atoms with E-state index in [4.69, 9.17) is 4.18 Å². The molecule has 4 aromatic rings. The van der Waals surface area contributed by atoms with Crippen molar-refractivity contribution in [3.63, 3.8) is 0 Å². The van der Waals surface area contributed by atoms with Gasteiger partial charge in [0.15, 0.2) is 0 Å². The molecule has 3 N–H and O–H groups in total. The minimum atomic E-state index is -3.70. The van der Waals surface area contributed by atoms with E-state index in [0.717, 1.165) is 33.6 Å². The summed E-state index contributed by atoms with van der Waals surface area (Å²) in [5, 5.41) is 20.5. The number of benzene rings is 3. The maximum atomic E-state index is 13.9. The maximum absolute atomic E-state index is 13.9. The lowest BCUT2D eigenvalue weighted by molar-refractivity contribution is 0.0784. The number of aliphatic hydroxyl groups excluding tert-OH is 1. The quantitative estimate of drug-likeness (QED) is 0.140. The molecule has 0 saturated carbocycles. The Bertz CT molecular complexity index is 1880. The molecule has 0 spiro atoms. The molecule has 4 rings (SSSR count). The van der Waals surface area contributed by atoms with Gasteiger partial charge < -0.3 is 29.7 Å². The van der Waals surface area contributed by atoms with Gasteiger partial charge in [0.1, 0.15) is 10.8 Å². The van der Waals surface area contributed by atoms with E-state index in [1.807, 2.05) is 81.5 Å². The molecule has 0 fully saturated rings. The van der Waals surface area contributed by atoms with Crippen LogP contribution in [0.1, 0.15) is 67.9 Å². The molecule has 13 heteroatoms. The van der Waals surface area contributed by atoms with E-state index in [9.17, 15) is 23.1 Å². The summed E-state index contributed by atoms with van der Waals surface area (Å²) in [6, 6.07) is 19.3. The highest BCUT2D eigenvalue weighted by molar-refractivity contribution is 7.86. The number of carbonyl (C=O) groups is 2. The summed E-state index contributed by atoms with van der Waals surface area (Å²) in [5.74, 6) is -0.301. The van der Waals surface area contributed by atoms with Gasteiger partial charge in [-0.1, -0.05) is 50.2 Å². The molecule has 0 aliphatic heterocycles. The Morgan fingerprint density at radius 1 is 0.980 bits per heavy atom. The van der Waals surface area contributed by atoms with Crippen LogP contribution < -0.4 is 19.7 Å². The molecule has 1 heterocycles. The lowest BCUT2D eigenvalue weighted by Crippen LogP contribution is -2.48. The molecular formula is C37H47N5O6S2. The van der Waals surface area contributed by atoms with Gasteiger partial charge in [-0.15, -0.1) is 11.3 Å². The molecule has 0 aliphatic rings. The van der Waals surface area contributed by atoms with Crippen molar-refractivity contribution in [2.75, 3.05) is 38.8 Å². The Morgan fingerprint density at radius 2 is 1.68 bits per heavy atom. The minimum Gasteiger partial charge on any atom is -0.390 e. The molecule has 0 radical (unpaired) electrons. The zero-order valence-electron chi connectivity index (χ0n) is 29.6. The highest BCUT2D eigenvalue weighted by atomic mass is 32.2. The summed E-state index contributed by atoms with van der Waals surface area (Å²) in [6.45, 7) is 6.73. The van der Waals surface area contributed by atoms with Crippen molar-refractivity contribution in [2.24, 2.45) is 0 Å². The molecular weight excluding hydrogens is 675 g/mol. The van der Waals surface area contributed by atoms with Gasteiger partial charge in [0, 0.05) is 62.1 Å². The smallest absolute Gasteiger partial charge is 0.306 e. The number of rotatable bonds is 16. The standard InChI is InChI=1S/C37H47N5O6S2/c1-24(2)28-13-27(14-32(19-28)48-50(7,46)47)20-38-21-34(43)33(15-26-11-9-8-10-12-26)40-36(44)29-16-30(18-31(17-29)41(4)5)37(45)42(6)22-35-39-25(3)23-49-35/h8-14,16-19,23-24,33-34,38,43H,15,20-22H2,1-7H3,(H,40,44). The zero-order chi connectivity index (χ0) is 36.6. The minimum absolute atomic E-state index is 0.133. The molecule has 2 amide bonds. The van der Waals surface area contributed by atoms with Gasteiger partial charge in [-0.2, -0.15) is 8.42 Å². The SMILES string of the molecule is Cc1csc(CN(C)C(=O)c2cc(C(=O)NC(Cc3ccccc3)C(O)CNCc3cc(OS(C)(=O)=O)cc(C(C)C)c3)cc(N(C)C)c2)n1. The number of aryl methyl sites for hydroxylation is 1. The highest BCUT2D eigenvalue weighted by Gasteiger charge is 2.24. The van der Waals surface area contributed by atoms with Crippen LogP contribution in [-0.4, -0.2) is 81.3 Å². The first-order chi connectivity index (χ1) is 23.6. The van der Waals surface area contributed by atoms with Gasteiger partial charge in [-0.05, 0) is 66.3 Å². The predicted octanol–water partition coefficient (Wildman–Crippen LogP) is 4.74. The Balaban J connectivity index is 1.53. The number of nitrogens with zero attached hydrogens (tertiary/aromatic N) is 3. The summed E-state index contributed by atoms with van der Waals surface area (Å²) >= 11 is 1.49. The summed E-state index contributed by atoms with van der Waals surface area (Å²) in [5.41, 5.74) is 4.88. The molecule has 0 aliphatic carbocycles. The number of hydrogen-bond acceptors (Lipinski definition) is 10. The largest absolute Gasteiger partial charge is 0.390 e. The van der Waals surface area contributed by atoms with Gasteiger partial charge in [-0.25, -0.2) is 4.98 Å². The first-order valence-electron chi connectivity index (χ1n) is 16.3. The van der Waals surface area contributed by atoms with Crippen molar-refractivity contribution in [2.45, 2.75) is 58.3 Å². The Morgan fingerprint density at radius 3 is 2.30 bits per heavy atom. The molecule has 3 aromatic carbocycles. The zero-order valence-corrected chi connectivity index (χ0v) is 31.3. The van der Waals surface area contributed by atoms with E-state index in [-0.39, 0.29) is 24.1 Å².